The van der Waals surface area contributed by atoms with Gasteiger partial charge in [0, 0.05) is 5.56 Å². The SMILES string of the molecule is COc1ccc2cc(OC)c(/C=C3\SC(=Nc4ccccc4)NC3=O)cc2c1. The number of aliphatic imine (C=N–C) groups is 1. The lowest BCUT2D eigenvalue weighted by Gasteiger charge is -2.09. The van der Waals surface area contributed by atoms with Gasteiger partial charge in [-0.05, 0) is 65.0 Å². The Morgan fingerprint density at radius 3 is 2.54 bits per heavy atom. The van der Waals surface area contributed by atoms with Crippen LogP contribution in [0.2, 0.25) is 0 Å². The molecule has 1 aliphatic heterocycles. The number of nitrogens with one attached hydrogen (secondary N) is 1. The van der Waals surface area contributed by atoms with Crippen molar-refractivity contribution in [2.45, 2.75) is 0 Å². The molecule has 0 unspecified atom stereocenters. The highest BCUT2D eigenvalue weighted by Crippen LogP contribution is 2.33. The van der Waals surface area contributed by atoms with E-state index in [4.69, 9.17) is 9.47 Å². The zero-order valence-electron chi connectivity index (χ0n) is 15.4. The first kappa shape index (κ1) is 18.1. The predicted molar refractivity (Wildman–Crippen MR) is 114 cm³/mol. The summed E-state index contributed by atoms with van der Waals surface area (Å²) in [7, 11) is 3.26. The number of nitrogens with zero attached hydrogens (tertiary/aromatic N) is 1. The first-order valence-electron chi connectivity index (χ1n) is 8.67. The van der Waals surface area contributed by atoms with E-state index < -0.39 is 0 Å². The molecule has 0 saturated carbocycles. The molecule has 1 amide bonds. The first-order valence-corrected chi connectivity index (χ1v) is 9.48. The van der Waals surface area contributed by atoms with Crippen molar-refractivity contribution >= 4 is 45.4 Å². The third-order valence-corrected chi connectivity index (χ3v) is 5.23. The van der Waals surface area contributed by atoms with Crippen molar-refractivity contribution in [1.82, 2.24) is 5.32 Å². The molecule has 1 saturated heterocycles. The number of carbonyl (C=O) groups excluding carboxylic acids is 1. The molecule has 28 heavy (non-hydrogen) atoms. The zero-order chi connectivity index (χ0) is 19.5. The number of carbonyl (C=O) groups is 1. The average Bonchev–Trinajstić information content (AvgIpc) is 3.06. The maximum absolute atomic E-state index is 12.4. The molecular weight excluding hydrogens is 372 g/mol. The van der Waals surface area contributed by atoms with Gasteiger partial charge < -0.3 is 14.8 Å². The van der Waals surface area contributed by atoms with Gasteiger partial charge in [0.15, 0.2) is 5.17 Å². The maximum atomic E-state index is 12.4. The second-order valence-electron chi connectivity index (χ2n) is 6.12. The van der Waals surface area contributed by atoms with E-state index in [1.54, 1.807) is 14.2 Å². The standard InChI is InChI=1S/C22H18N2O3S/c1-26-18-9-8-14-12-19(27-2)16(10-15(14)11-18)13-20-21(25)24-22(28-20)23-17-6-4-3-5-7-17/h3-13H,1-2H3,(H,23,24,25)/b20-13-. The number of fused-ring (bicyclic) bond motifs is 1. The van der Waals surface area contributed by atoms with Crippen molar-refractivity contribution in [3.8, 4) is 11.5 Å². The maximum Gasteiger partial charge on any atom is 0.264 e. The fraction of sp³-hybridized carbons (Fsp3) is 0.0909. The Morgan fingerprint density at radius 1 is 0.964 bits per heavy atom. The zero-order valence-corrected chi connectivity index (χ0v) is 16.2. The lowest BCUT2D eigenvalue weighted by molar-refractivity contribution is -0.115. The van der Waals surface area contributed by atoms with Crippen LogP contribution in [0.3, 0.4) is 0 Å². The van der Waals surface area contributed by atoms with E-state index in [-0.39, 0.29) is 5.91 Å². The van der Waals surface area contributed by atoms with Gasteiger partial charge in [-0.3, -0.25) is 4.79 Å². The molecule has 1 fully saturated rings. The van der Waals surface area contributed by atoms with Crippen molar-refractivity contribution in [3.63, 3.8) is 0 Å². The number of hydrogen-bond donors (Lipinski definition) is 1. The van der Waals surface area contributed by atoms with Crippen LogP contribution in [-0.4, -0.2) is 25.3 Å². The number of amides is 1. The van der Waals surface area contributed by atoms with E-state index in [0.717, 1.165) is 27.8 Å². The van der Waals surface area contributed by atoms with Gasteiger partial charge in [-0.2, -0.15) is 0 Å². The lowest BCUT2D eigenvalue weighted by atomic mass is 10.0. The third-order valence-electron chi connectivity index (χ3n) is 4.32. The molecule has 3 aromatic carbocycles. The van der Waals surface area contributed by atoms with Crippen LogP contribution in [0.4, 0.5) is 5.69 Å². The summed E-state index contributed by atoms with van der Waals surface area (Å²) in [6.45, 7) is 0. The third kappa shape index (κ3) is 3.73. The molecule has 0 aromatic heterocycles. The molecule has 0 atom stereocenters. The summed E-state index contributed by atoms with van der Waals surface area (Å²) in [4.78, 5) is 17.4. The normalized spacial score (nSPS) is 16.6. The molecule has 0 radical (unpaired) electrons. The van der Waals surface area contributed by atoms with Crippen molar-refractivity contribution in [2.24, 2.45) is 4.99 Å². The molecule has 1 aliphatic rings. The van der Waals surface area contributed by atoms with Crippen LogP contribution in [0, 0.1) is 0 Å². The fourth-order valence-electron chi connectivity index (χ4n) is 2.93. The van der Waals surface area contributed by atoms with Gasteiger partial charge in [-0.15, -0.1) is 0 Å². The average molecular weight is 390 g/mol. The molecule has 140 valence electrons. The van der Waals surface area contributed by atoms with Gasteiger partial charge in [0.1, 0.15) is 11.5 Å². The topological polar surface area (TPSA) is 59.9 Å². The smallest absolute Gasteiger partial charge is 0.264 e. The predicted octanol–water partition coefficient (Wildman–Crippen LogP) is 4.75. The summed E-state index contributed by atoms with van der Waals surface area (Å²) in [5.41, 5.74) is 1.61. The van der Waals surface area contributed by atoms with E-state index >= 15 is 0 Å². The van der Waals surface area contributed by atoms with Crippen LogP contribution >= 0.6 is 11.8 Å². The summed E-state index contributed by atoms with van der Waals surface area (Å²) in [6, 6.07) is 19.3. The molecule has 0 bridgehead atoms. The number of ether oxygens (including phenoxy) is 2. The van der Waals surface area contributed by atoms with Crippen molar-refractivity contribution in [3.05, 3.63) is 71.1 Å². The Hall–Kier alpha value is -3.25. The monoisotopic (exact) mass is 390 g/mol. The number of benzene rings is 3. The molecule has 4 rings (SSSR count). The molecule has 3 aromatic rings. The van der Waals surface area contributed by atoms with E-state index in [1.807, 2.05) is 66.7 Å². The Kier molecular flexibility index (Phi) is 5.04. The Morgan fingerprint density at radius 2 is 1.79 bits per heavy atom. The van der Waals surface area contributed by atoms with Gasteiger partial charge in [-0.1, -0.05) is 24.3 Å². The quantitative estimate of drug-likeness (QED) is 0.653. The van der Waals surface area contributed by atoms with Gasteiger partial charge in [0.2, 0.25) is 0 Å². The lowest BCUT2D eigenvalue weighted by Crippen LogP contribution is -2.19. The molecule has 1 N–H and O–H groups in total. The number of hydrogen-bond acceptors (Lipinski definition) is 5. The van der Waals surface area contributed by atoms with Crippen LogP contribution in [0.1, 0.15) is 5.56 Å². The number of para-hydroxylation sites is 1. The second kappa shape index (κ2) is 7.78. The minimum absolute atomic E-state index is 0.174. The number of rotatable bonds is 4. The highest BCUT2D eigenvalue weighted by molar-refractivity contribution is 8.18. The van der Waals surface area contributed by atoms with Gasteiger partial charge in [0.25, 0.3) is 5.91 Å². The second-order valence-corrected chi connectivity index (χ2v) is 7.16. The highest BCUT2D eigenvalue weighted by atomic mass is 32.2. The number of thioether (sulfide) groups is 1. The van der Waals surface area contributed by atoms with Gasteiger partial charge in [-0.25, -0.2) is 4.99 Å². The molecule has 5 nitrogen and oxygen atoms in total. The summed E-state index contributed by atoms with van der Waals surface area (Å²) >= 11 is 1.31. The molecule has 6 heteroatoms. The summed E-state index contributed by atoms with van der Waals surface area (Å²) in [5, 5.41) is 5.41. The largest absolute Gasteiger partial charge is 0.497 e. The van der Waals surface area contributed by atoms with Crippen LogP contribution in [0.15, 0.2) is 70.6 Å². The van der Waals surface area contributed by atoms with Gasteiger partial charge >= 0.3 is 0 Å². The van der Waals surface area contributed by atoms with Crippen molar-refractivity contribution < 1.29 is 14.3 Å². The minimum atomic E-state index is -0.174. The summed E-state index contributed by atoms with van der Waals surface area (Å²) in [5.74, 6) is 1.31. The van der Waals surface area contributed by atoms with Crippen LogP contribution in [0.5, 0.6) is 11.5 Å². The summed E-state index contributed by atoms with van der Waals surface area (Å²) in [6.07, 6.45) is 1.82. The van der Waals surface area contributed by atoms with E-state index in [1.165, 1.54) is 11.8 Å². The number of amidine groups is 1. The highest BCUT2D eigenvalue weighted by Gasteiger charge is 2.24. The first-order chi connectivity index (χ1) is 13.7. The molecule has 1 heterocycles. The Labute approximate surface area is 167 Å². The Balaban J connectivity index is 1.70. The van der Waals surface area contributed by atoms with Crippen molar-refractivity contribution in [2.75, 3.05) is 14.2 Å². The Bertz CT molecular complexity index is 1110. The number of methoxy groups -OCH3 is 2. The van der Waals surface area contributed by atoms with Crippen LogP contribution in [-0.2, 0) is 4.79 Å². The van der Waals surface area contributed by atoms with E-state index in [0.29, 0.717) is 15.8 Å². The molecular formula is C22H18N2O3S. The molecule has 0 aliphatic carbocycles. The minimum Gasteiger partial charge on any atom is -0.497 e. The summed E-state index contributed by atoms with van der Waals surface area (Å²) < 4.78 is 10.8. The fourth-order valence-corrected chi connectivity index (χ4v) is 3.76. The van der Waals surface area contributed by atoms with E-state index in [9.17, 15) is 4.79 Å². The van der Waals surface area contributed by atoms with Gasteiger partial charge in [0.05, 0.1) is 24.8 Å². The van der Waals surface area contributed by atoms with Crippen molar-refractivity contribution in [1.29, 1.82) is 0 Å². The van der Waals surface area contributed by atoms with Crippen LogP contribution in [0.25, 0.3) is 16.8 Å². The van der Waals surface area contributed by atoms with Crippen LogP contribution < -0.4 is 14.8 Å². The van der Waals surface area contributed by atoms with E-state index in [2.05, 4.69) is 10.3 Å². The molecule has 0 spiro atoms.